The third-order valence-electron chi connectivity index (χ3n) is 6.22. The summed E-state index contributed by atoms with van der Waals surface area (Å²) in [4.78, 5) is 0. The van der Waals surface area contributed by atoms with E-state index in [9.17, 15) is 0 Å². The minimum absolute atomic E-state index is 0.644. The molecule has 0 saturated heterocycles. The lowest BCUT2D eigenvalue weighted by molar-refractivity contribution is 1.18. The van der Waals surface area contributed by atoms with E-state index in [0.29, 0.717) is 11.1 Å². The van der Waals surface area contributed by atoms with Crippen LogP contribution in [0.1, 0.15) is 54.2 Å². The van der Waals surface area contributed by atoms with Gasteiger partial charge in [-0.1, -0.05) is 104 Å². The second-order valence-corrected chi connectivity index (χ2v) is 9.72. The summed E-state index contributed by atoms with van der Waals surface area (Å²) in [5, 5.41) is 34.3. The first kappa shape index (κ1) is 36.1. The SMILES string of the molecule is C=C(/C=C(\C)C#N)c1ccc(C)cc1.C=C(/C=C(\C)C#N)c1ccc(Cc2ccc(C(/C=C\C)=C/NC#N)cc2)cc1.C=N. The quantitative estimate of drug-likeness (QED) is 0.0868. The minimum Gasteiger partial charge on any atom is -0.317 e. The number of rotatable bonds is 9. The highest BCUT2D eigenvalue weighted by molar-refractivity contribution is 5.75. The standard InChI is InChI=1S/C25H23N3.C13H13N.CH3N/c1-4-5-25(17-28-18-27)24-12-8-22(9-13-24)15-21-6-10-23(11-7-21)20(3)14-19(2)16-26;1-10-4-6-13(7-5-10)12(3)8-11(2)9-14;1-2/h4-14,17,28H,3,15H2,1-2H3;4-8H,3H2,1-2H3;2H,1H2/b5-4-,19-14+,25-17+;11-8+;. The first-order chi connectivity index (χ1) is 21.2. The van der Waals surface area contributed by atoms with Gasteiger partial charge in [0.1, 0.15) is 0 Å². The minimum atomic E-state index is 0.644. The molecule has 5 heteroatoms. The summed E-state index contributed by atoms with van der Waals surface area (Å²) in [5.41, 5.74) is 10.8. The molecule has 220 valence electrons. The fourth-order valence-electron chi connectivity index (χ4n) is 3.93. The lowest BCUT2D eigenvalue weighted by Crippen LogP contribution is -1.95. The summed E-state index contributed by atoms with van der Waals surface area (Å²) in [6.07, 6.45) is 11.9. The maximum Gasteiger partial charge on any atom is 0.180 e. The van der Waals surface area contributed by atoms with Crippen LogP contribution in [-0.4, -0.2) is 6.72 Å². The zero-order valence-corrected chi connectivity index (χ0v) is 26.0. The zero-order valence-electron chi connectivity index (χ0n) is 26.0. The summed E-state index contributed by atoms with van der Waals surface area (Å²) in [5.74, 6) is 0. The Morgan fingerprint density at radius 2 is 1.14 bits per heavy atom. The lowest BCUT2D eigenvalue weighted by Gasteiger charge is -2.07. The van der Waals surface area contributed by atoms with E-state index in [4.69, 9.17) is 21.2 Å². The van der Waals surface area contributed by atoms with Gasteiger partial charge in [0.05, 0.1) is 12.1 Å². The Labute approximate surface area is 262 Å². The van der Waals surface area contributed by atoms with Crippen LogP contribution in [0, 0.1) is 46.5 Å². The molecular weight excluding hydrogens is 538 g/mol. The van der Waals surface area contributed by atoms with Crippen molar-refractivity contribution in [2.24, 2.45) is 0 Å². The average Bonchev–Trinajstić information content (AvgIpc) is 3.05. The molecule has 0 heterocycles. The monoisotopic (exact) mass is 577 g/mol. The highest BCUT2D eigenvalue weighted by Crippen LogP contribution is 2.20. The molecule has 44 heavy (non-hydrogen) atoms. The molecule has 3 aromatic carbocycles. The summed E-state index contributed by atoms with van der Waals surface area (Å²) in [6.45, 7) is 18.0. The van der Waals surface area contributed by atoms with Crippen molar-refractivity contribution in [2.75, 3.05) is 0 Å². The third kappa shape index (κ3) is 12.7. The first-order valence-electron chi connectivity index (χ1n) is 13.8. The van der Waals surface area contributed by atoms with E-state index >= 15 is 0 Å². The zero-order chi connectivity index (χ0) is 32.9. The molecule has 0 unspecified atom stereocenters. The maximum absolute atomic E-state index is 8.88. The van der Waals surface area contributed by atoms with Crippen molar-refractivity contribution < 1.29 is 0 Å². The number of aryl methyl sites for hydroxylation is 1. The number of allylic oxidation sites excluding steroid dienone is 9. The van der Waals surface area contributed by atoms with Crippen LogP contribution < -0.4 is 5.32 Å². The van der Waals surface area contributed by atoms with E-state index in [0.717, 1.165) is 39.8 Å². The van der Waals surface area contributed by atoms with Gasteiger partial charge < -0.3 is 5.41 Å². The third-order valence-corrected chi connectivity index (χ3v) is 6.22. The molecule has 0 atom stereocenters. The highest BCUT2D eigenvalue weighted by Gasteiger charge is 2.02. The van der Waals surface area contributed by atoms with Crippen LogP contribution in [-0.2, 0) is 6.42 Å². The Kier molecular flexibility index (Phi) is 16.4. The van der Waals surface area contributed by atoms with Gasteiger partial charge in [0.25, 0.3) is 0 Å². The van der Waals surface area contributed by atoms with E-state index in [-0.39, 0.29) is 0 Å². The van der Waals surface area contributed by atoms with E-state index < -0.39 is 0 Å². The van der Waals surface area contributed by atoms with Crippen molar-refractivity contribution in [1.29, 1.82) is 21.2 Å². The predicted molar refractivity (Wildman–Crippen MR) is 185 cm³/mol. The van der Waals surface area contributed by atoms with Crippen LogP contribution in [0.2, 0.25) is 0 Å². The van der Waals surface area contributed by atoms with Gasteiger partial charge in [-0.15, -0.1) is 0 Å². The van der Waals surface area contributed by atoms with Crippen LogP contribution >= 0.6 is 0 Å². The number of hydrogen-bond donors (Lipinski definition) is 2. The Morgan fingerprint density at radius 1 is 0.727 bits per heavy atom. The Balaban J connectivity index is 0.000000507. The van der Waals surface area contributed by atoms with Crippen molar-refractivity contribution in [3.05, 3.63) is 161 Å². The van der Waals surface area contributed by atoms with Gasteiger partial charge in [0.15, 0.2) is 6.19 Å². The molecule has 0 aromatic heterocycles. The molecule has 0 aliphatic rings. The summed E-state index contributed by atoms with van der Waals surface area (Å²) >= 11 is 0. The number of nitrogens with one attached hydrogen (secondary N) is 2. The molecule has 0 amide bonds. The second-order valence-electron chi connectivity index (χ2n) is 9.72. The molecule has 5 nitrogen and oxygen atoms in total. The molecule has 3 rings (SSSR count). The smallest absolute Gasteiger partial charge is 0.180 e. The molecule has 2 N–H and O–H groups in total. The highest BCUT2D eigenvalue weighted by atomic mass is 14.8. The van der Waals surface area contributed by atoms with Crippen LogP contribution in [0.25, 0.3) is 16.7 Å². The molecule has 0 saturated carbocycles. The second kappa shape index (κ2) is 20.0. The fourth-order valence-corrected chi connectivity index (χ4v) is 3.93. The Hall–Kier alpha value is -5.96. The van der Waals surface area contributed by atoms with Crippen molar-refractivity contribution in [3.8, 4) is 18.3 Å². The number of hydrogen-bond acceptors (Lipinski definition) is 5. The Morgan fingerprint density at radius 3 is 1.52 bits per heavy atom. The van der Waals surface area contributed by atoms with Crippen molar-refractivity contribution in [1.82, 2.24) is 5.32 Å². The van der Waals surface area contributed by atoms with Crippen molar-refractivity contribution in [3.63, 3.8) is 0 Å². The normalized spacial score (nSPS) is 11.0. The summed E-state index contributed by atoms with van der Waals surface area (Å²) in [7, 11) is 0. The average molecular weight is 578 g/mol. The summed E-state index contributed by atoms with van der Waals surface area (Å²) < 4.78 is 0. The largest absolute Gasteiger partial charge is 0.317 e. The first-order valence-corrected chi connectivity index (χ1v) is 13.8. The van der Waals surface area contributed by atoms with Gasteiger partial charge in [-0.25, -0.2) is 0 Å². The van der Waals surface area contributed by atoms with Gasteiger partial charge in [-0.3, -0.25) is 5.32 Å². The number of nitrogens with zero attached hydrogens (tertiary/aromatic N) is 3. The maximum atomic E-state index is 8.88. The molecule has 0 aliphatic carbocycles. The Bertz CT molecular complexity index is 1640. The van der Waals surface area contributed by atoms with Crippen molar-refractivity contribution in [2.45, 2.75) is 34.1 Å². The lowest BCUT2D eigenvalue weighted by atomic mass is 9.98. The van der Waals surface area contributed by atoms with Gasteiger partial charge in [0.2, 0.25) is 0 Å². The molecule has 0 fully saturated rings. The van der Waals surface area contributed by atoms with Crippen LogP contribution in [0.5, 0.6) is 0 Å². The van der Waals surface area contributed by atoms with Gasteiger partial charge >= 0.3 is 0 Å². The molecule has 0 radical (unpaired) electrons. The van der Waals surface area contributed by atoms with E-state index in [1.165, 1.54) is 16.7 Å². The van der Waals surface area contributed by atoms with Gasteiger partial charge in [-0.05, 0) is 97.5 Å². The van der Waals surface area contributed by atoms with Crippen LogP contribution in [0.3, 0.4) is 0 Å². The van der Waals surface area contributed by atoms with Crippen LogP contribution in [0.15, 0.2) is 128 Å². The fraction of sp³-hybridized carbons (Fsp3) is 0.128. The van der Waals surface area contributed by atoms with Gasteiger partial charge in [-0.2, -0.15) is 15.8 Å². The molecule has 0 aliphatic heterocycles. The van der Waals surface area contributed by atoms with Crippen LogP contribution in [0.4, 0.5) is 0 Å². The van der Waals surface area contributed by atoms with E-state index in [1.807, 2.05) is 68.6 Å². The van der Waals surface area contributed by atoms with E-state index in [2.05, 4.69) is 73.7 Å². The van der Waals surface area contributed by atoms with Crippen molar-refractivity contribution >= 4 is 23.4 Å². The summed E-state index contributed by atoms with van der Waals surface area (Å²) in [6, 6.07) is 28.9. The molecule has 0 spiro atoms. The predicted octanol–water partition coefficient (Wildman–Crippen LogP) is 9.49. The molecule has 0 bridgehead atoms. The topological polar surface area (TPSA) is 107 Å². The number of nitriles is 3. The van der Waals surface area contributed by atoms with E-state index in [1.54, 1.807) is 32.2 Å². The molecule has 3 aromatic rings. The van der Waals surface area contributed by atoms with Gasteiger partial charge in [0, 0.05) is 17.3 Å². The number of benzene rings is 3. The molecular formula is C39H39N5.